The second-order valence-electron chi connectivity index (χ2n) is 4.22. The lowest BCUT2D eigenvalue weighted by molar-refractivity contribution is 0.0966. The molecule has 0 aliphatic carbocycles. The minimum atomic E-state index is -4.46. The lowest BCUT2D eigenvalue weighted by Gasteiger charge is -2.19. The summed E-state index contributed by atoms with van der Waals surface area (Å²) in [5.74, 6) is -0.433. The van der Waals surface area contributed by atoms with E-state index in [4.69, 9.17) is 4.55 Å². The molecule has 8 heteroatoms. The van der Waals surface area contributed by atoms with Gasteiger partial charge in [-0.3, -0.25) is 14.1 Å². The van der Waals surface area contributed by atoms with E-state index in [0.717, 1.165) is 28.0 Å². The molecule has 21 heavy (non-hydrogen) atoms. The first-order valence-electron chi connectivity index (χ1n) is 5.84. The Bertz CT molecular complexity index is 827. The molecule has 2 rings (SSSR count). The quantitative estimate of drug-likeness (QED) is 0.833. The summed E-state index contributed by atoms with van der Waals surface area (Å²) in [7, 11) is -3.08. The van der Waals surface area contributed by atoms with Crippen molar-refractivity contribution in [3.05, 3.63) is 64.6 Å². The van der Waals surface area contributed by atoms with Gasteiger partial charge in [-0.05, 0) is 18.2 Å². The van der Waals surface area contributed by atoms with Gasteiger partial charge in [0, 0.05) is 24.9 Å². The van der Waals surface area contributed by atoms with Gasteiger partial charge in [0.15, 0.2) is 0 Å². The zero-order valence-corrected chi connectivity index (χ0v) is 11.8. The van der Waals surface area contributed by atoms with Gasteiger partial charge in [0.25, 0.3) is 21.6 Å². The first kappa shape index (κ1) is 14.9. The molecular weight excluding hydrogens is 296 g/mol. The van der Waals surface area contributed by atoms with Crippen molar-refractivity contribution in [2.24, 2.45) is 0 Å². The van der Waals surface area contributed by atoms with Crippen LogP contribution in [-0.2, 0) is 10.1 Å². The fourth-order valence-electron chi connectivity index (χ4n) is 1.73. The molecule has 0 unspecified atom stereocenters. The fraction of sp³-hybridized carbons (Fsp3) is 0.0769. The second-order valence-corrected chi connectivity index (χ2v) is 5.64. The lowest BCUT2D eigenvalue weighted by atomic mass is 10.2. The van der Waals surface area contributed by atoms with Gasteiger partial charge in [-0.1, -0.05) is 18.2 Å². The number of benzene rings is 1. The van der Waals surface area contributed by atoms with Crippen molar-refractivity contribution in [1.82, 2.24) is 4.68 Å². The molecule has 7 nitrogen and oxygen atoms in total. The highest BCUT2D eigenvalue weighted by atomic mass is 32.2. The zero-order chi connectivity index (χ0) is 15.6. The second kappa shape index (κ2) is 5.51. The molecule has 0 bridgehead atoms. The van der Waals surface area contributed by atoms with E-state index in [1.54, 1.807) is 30.3 Å². The Labute approximate surface area is 120 Å². The van der Waals surface area contributed by atoms with E-state index in [2.05, 4.69) is 0 Å². The summed E-state index contributed by atoms with van der Waals surface area (Å²) in [4.78, 5) is 23.5. The molecule has 1 aromatic heterocycles. The maximum absolute atomic E-state index is 12.2. The normalized spacial score (nSPS) is 11.1. The molecular formula is C13H12N2O5S. The SMILES string of the molecule is CN(C(=O)c1ccccc1)n1ccc(S(=O)(=O)O)cc1=O. The Balaban J connectivity index is 2.39. The van der Waals surface area contributed by atoms with Crippen LogP contribution in [0.2, 0.25) is 0 Å². The summed E-state index contributed by atoms with van der Waals surface area (Å²) >= 11 is 0. The molecule has 0 saturated heterocycles. The van der Waals surface area contributed by atoms with Crippen LogP contribution in [0.1, 0.15) is 10.4 Å². The highest BCUT2D eigenvalue weighted by molar-refractivity contribution is 7.85. The Morgan fingerprint density at radius 1 is 1.19 bits per heavy atom. The van der Waals surface area contributed by atoms with Gasteiger partial charge >= 0.3 is 0 Å². The van der Waals surface area contributed by atoms with Crippen LogP contribution in [0.5, 0.6) is 0 Å². The standard InChI is InChI=1S/C13H12N2O5S/c1-14(13(17)10-5-3-2-4-6-10)15-8-7-11(9-12(15)16)21(18,19)20/h2-9H,1H3,(H,18,19,20). The minimum Gasteiger partial charge on any atom is -0.282 e. The third-order valence-corrected chi connectivity index (χ3v) is 3.66. The number of nitrogens with zero attached hydrogens (tertiary/aromatic N) is 2. The summed E-state index contributed by atoms with van der Waals surface area (Å²) in [6.07, 6.45) is 1.10. The molecule has 1 amide bonds. The van der Waals surface area contributed by atoms with E-state index >= 15 is 0 Å². The van der Waals surface area contributed by atoms with Crippen LogP contribution in [0.3, 0.4) is 0 Å². The van der Waals surface area contributed by atoms with E-state index in [-0.39, 0.29) is 0 Å². The lowest BCUT2D eigenvalue weighted by Crippen LogP contribution is -2.43. The van der Waals surface area contributed by atoms with E-state index in [1.165, 1.54) is 7.05 Å². The largest absolute Gasteiger partial charge is 0.294 e. The van der Waals surface area contributed by atoms with Crippen molar-refractivity contribution in [1.29, 1.82) is 0 Å². The van der Waals surface area contributed by atoms with Crippen LogP contribution < -0.4 is 10.6 Å². The molecule has 0 fully saturated rings. The molecule has 2 aromatic rings. The average molecular weight is 308 g/mol. The summed E-state index contributed by atoms with van der Waals surface area (Å²) in [6.45, 7) is 0. The first-order valence-corrected chi connectivity index (χ1v) is 7.28. The number of hydrogen-bond donors (Lipinski definition) is 1. The number of hydrogen-bond acceptors (Lipinski definition) is 4. The van der Waals surface area contributed by atoms with Crippen LogP contribution in [0.25, 0.3) is 0 Å². The van der Waals surface area contributed by atoms with Crippen molar-refractivity contribution in [2.75, 3.05) is 12.1 Å². The van der Waals surface area contributed by atoms with E-state index < -0.39 is 26.5 Å². The van der Waals surface area contributed by atoms with Crippen molar-refractivity contribution in [3.63, 3.8) is 0 Å². The number of amides is 1. The molecule has 1 N–H and O–H groups in total. The number of carbonyl (C=O) groups is 1. The van der Waals surface area contributed by atoms with Gasteiger partial charge in [0.1, 0.15) is 4.90 Å². The number of aromatic nitrogens is 1. The predicted molar refractivity (Wildman–Crippen MR) is 75.4 cm³/mol. The van der Waals surface area contributed by atoms with Gasteiger partial charge in [-0.2, -0.15) is 8.42 Å². The molecule has 0 saturated carbocycles. The summed E-state index contributed by atoms with van der Waals surface area (Å²) in [6, 6.07) is 10.1. The third-order valence-electron chi connectivity index (χ3n) is 2.81. The summed E-state index contributed by atoms with van der Waals surface area (Å²) in [5, 5.41) is 1.05. The molecule has 0 atom stereocenters. The number of rotatable bonds is 3. The minimum absolute atomic E-state index is 0.380. The highest BCUT2D eigenvalue weighted by Gasteiger charge is 2.16. The van der Waals surface area contributed by atoms with E-state index in [0.29, 0.717) is 5.56 Å². The van der Waals surface area contributed by atoms with Gasteiger partial charge in [-0.25, -0.2) is 9.69 Å². The third kappa shape index (κ3) is 3.18. The smallest absolute Gasteiger partial charge is 0.282 e. The fourth-order valence-corrected chi connectivity index (χ4v) is 2.21. The average Bonchev–Trinajstić information content (AvgIpc) is 2.45. The van der Waals surface area contributed by atoms with E-state index in [9.17, 15) is 18.0 Å². The maximum atomic E-state index is 12.2. The van der Waals surface area contributed by atoms with Gasteiger partial charge < -0.3 is 0 Å². The number of pyridine rings is 1. The Hall–Kier alpha value is -2.45. The topological polar surface area (TPSA) is 96.7 Å². The molecule has 0 spiro atoms. The van der Waals surface area contributed by atoms with Crippen LogP contribution in [-0.4, -0.2) is 30.6 Å². The molecule has 0 aliphatic heterocycles. The zero-order valence-electron chi connectivity index (χ0n) is 11.0. The molecule has 110 valence electrons. The molecule has 0 radical (unpaired) electrons. The molecule has 1 aromatic carbocycles. The first-order chi connectivity index (χ1) is 9.80. The van der Waals surface area contributed by atoms with Crippen molar-refractivity contribution in [3.8, 4) is 0 Å². The summed E-state index contributed by atoms with van der Waals surface area (Å²) < 4.78 is 31.7. The molecule has 1 heterocycles. The van der Waals surface area contributed by atoms with Gasteiger partial charge in [0.05, 0.1) is 0 Å². The Morgan fingerprint density at radius 2 is 1.81 bits per heavy atom. The Kier molecular flexibility index (Phi) is 3.92. The van der Waals surface area contributed by atoms with Crippen LogP contribution in [0.4, 0.5) is 0 Å². The van der Waals surface area contributed by atoms with Crippen molar-refractivity contribution < 1.29 is 17.8 Å². The van der Waals surface area contributed by atoms with Crippen molar-refractivity contribution in [2.45, 2.75) is 4.90 Å². The highest BCUT2D eigenvalue weighted by Crippen LogP contribution is 2.05. The number of carbonyl (C=O) groups excluding carboxylic acids is 1. The monoisotopic (exact) mass is 308 g/mol. The van der Waals surface area contributed by atoms with Gasteiger partial charge in [0.2, 0.25) is 0 Å². The predicted octanol–water partition coefficient (Wildman–Crippen LogP) is 0.503. The van der Waals surface area contributed by atoms with Gasteiger partial charge in [-0.15, -0.1) is 0 Å². The van der Waals surface area contributed by atoms with E-state index in [1.807, 2.05) is 0 Å². The van der Waals surface area contributed by atoms with Crippen LogP contribution in [0, 0.1) is 0 Å². The Morgan fingerprint density at radius 3 is 2.33 bits per heavy atom. The van der Waals surface area contributed by atoms with Crippen LogP contribution in [0.15, 0.2) is 58.4 Å². The molecule has 0 aliphatic rings. The summed E-state index contributed by atoms with van der Waals surface area (Å²) in [5.41, 5.74) is -0.373. The van der Waals surface area contributed by atoms with Crippen molar-refractivity contribution >= 4 is 16.0 Å². The van der Waals surface area contributed by atoms with Crippen LogP contribution >= 0.6 is 0 Å². The maximum Gasteiger partial charge on any atom is 0.294 e.